The summed E-state index contributed by atoms with van der Waals surface area (Å²) in [6.45, 7) is 14.3. The maximum absolute atomic E-state index is 12.9. The molecule has 2 N–H and O–H groups in total. The average Bonchev–Trinajstić information content (AvgIpc) is 3.04. The first kappa shape index (κ1) is 24.7. The Balaban J connectivity index is 2.27. The first-order valence-corrected chi connectivity index (χ1v) is 10.9. The lowest BCUT2D eigenvalue weighted by Crippen LogP contribution is -2.50. The standard InChI is InChI=1S/C23H34ClN5O2/c1-8-13-28(21(31)26-23(5,6)7)15-20(30)25-19-14-18(22(2,3)4)27-29(19)17-11-9-16(24)10-12-17/h9-12,14H,8,13,15H2,1-7H3,(H,25,30)(H,26,31). The van der Waals surface area contributed by atoms with Crippen molar-refractivity contribution in [1.29, 1.82) is 0 Å². The molecular formula is C23H34ClN5O2. The monoisotopic (exact) mass is 447 g/mol. The molecule has 1 aromatic carbocycles. The van der Waals surface area contributed by atoms with E-state index in [1.807, 2.05) is 45.9 Å². The van der Waals surface area contributed by atoms with E-state index >= 15 is 0 Å². The van der Waals surface area contributed by atoms with Gasteiger partial charge in [0.1, 0.15) is 12.4 Å². The number of amides is 3. The van der Waals surface area contributed by atoms with Crippen molar-refractivity contribution < 1.29 is 9.59 Å². The zero-order valence-corrected chi connectivity index (χ0v) is 20.3. The number of anilines is 1. The topological polar surface area (TPSA) is 79.3 Å². The van der Waals surface area contributed by atoms with Gasteiger partial charge in [0, 0.05) is 28.6 Å². The smallest absolute Gasteiger partial charge is 0.318 e. The van der Waals surface area contributed by atoms with Gasteiger partial charge < -0.3 is 15.5 Å². The molecule has 2 aromatic rings. The van der Waals surface area contributed by atoms with Gasteiger partial charge in [-0.2, -0.15) is 5.10 Å². The van der Waals surface area contributed by atoms with Crippen LogP contribution in [0.5, 0.6) is 0 Å². The molecule has 7 nitrogen and oxygen atoms in total. The molecule has 0 bridgehead atoms. The normalized spacial score (nSPS) is 11.9. The molecular weight excluding hydrogens is 414 g/mol. The van der Waals surface area contributed by atoms with E-state index in [1.54, 1.807) is 16.8 Å². The van der Waals surface area contributed by atoms with E-state index in [0.29, 0.717) is 17.4 Å². The van der Waals surface area contributed by atoms with Gasteiger partial charge in [-0.15, -0.1) is 0 Å². The zero-order chi connectivity index (χ0) is 23.4. The Morgan fingerprint density at radius 2 is 1.71 bits per heavy atom. The maximum atomic E-state index is 12.9. The molecule has 0 fully saturated rings. The van der Waals surface area contributed by atoms with Gasteiger partial charge in [0.25, 0.3) is 0 Å². The van der Waals surface area contributed by atoms with Crippen LogP contribution >= 0.6 is 11.6 Å². The molecule has 170 valence electrons. The minimum Gasteiger partial charge on any atom is -0.333 e. The van der Waals surface area contributed by atoms with Crippen LogP contribution in [0.2, 0.25) is 5.02 Å². The van der Waals surface area contributed by atoms with E-state index in [0.717, 1.165) is 17.8 Å². The fourth-order valence-corrected chi connectivity index (χ4v) is 3.02. The number of nitrogens with zero attached hydrogens (tertiary/aromatic N) is 3. The van der Waals surface area contributed by atoms with Crippen molar-refractivity contribution in [3.63, 3.8) is 0 Å². The first-order valence-electron chi connectivity index (χ1n) is 10.5. The molecule has 0 aliphatic rings. The predicted molar refractivity (Wildman–Crippen MR) is 126 cm³/mol. The van der Waals surface area contributed by atoms with Crippen LogP contribution in [0.1, 0.15) is 60.6 Å². The molecule has 0 saturated carbocycles. The fraction of sp³-hybridized carbons (Fsp3) is 0.522. The number of hydrogen-bond donors (Lipinski definition) is 2. The third kappa shape index (κ3) is 7.28. The van der Waals surface area contributed by atoms with E-state index in [9.17, 15) is 9.59 Å². The minimum atomic E-state index is -0.381. The molecule has 0 saturated heterocycles. The summed E-state index contributed by atoms with van der Waals surface area (Å²) in [4.78, 5) is 27.0. The molecule has 0 unspecified atom stereocenters. The van der Waals surface area contributed by atoms with Crippen molar-refractivity contribution in [3.05, 3.63) is 41.0 Å². The second-order valence-electron chi connectivity index (χ2n) is 9.70. The highest BCUT2D eigenvalue weighted by Crippen LogP contribution is 2.26. The number of carbonyl (C=O) groups is 2. The Labute approximate surface area is 190 Å². The van der Waals surface area contributed by atoms with Crippen LogP contribution in [0.25, 0.3) is 5.69 Å². The van der Waals surface area contributed by atoms with Crippen molar-refractivity contribution in [2.24, 2.45) is 0 Å². The van der Waals surface area contributed by atoms with Crippen LogP contribution in [-0.4, -0.2) is 45.2 Å². The number of benzene rings is 1. The summed E-state index contributed by atoms with van der Waals surface area (Å²) in [6.07, 6.45) is 0.752. The summed E-state index contributed by atoms with van der Waals surface area (Å²) < 4.78 is 1.69. The number of carbonyl (C=O) groups excluding carboxylic acids is 2. The second kappa shape index (κ2) is 9.73. The van der Waals surface area contributed by atoms with E-state index in [2.05, 4.69) is 31.4 Å². The van der Waals surface area contributed by atoms with Gasteiger partial charge >= 0.3 is 6.03 Å². The van der Waals surface area contributed by atoms with Crippen LogP contribution in [-0.2, 0) is 10.2 Å². The molecule has 0 spiro atoms. The predicted octanol–water partition coefficient (Wildman–Crippen LogP) is 4.98. The first-order chi connectivity index (χ1) is 14.3. The van der Waals surface area contributed by atoms with Crippen LogP contribution in [0.4, 0.5) is 10.6 Å². The third-order valence-electron chi connectivity index (χ3n) is 4.41. The number of urea groups is 1. The lowest BCUT2D eigenvalue weighted by atomic mass is 9.92. The number of halogens is 1. The highest BCUT2D eigenvalue weighted by Gasteiger charge is 2.24. The Bertz CT molecular complexity index is 908. The van der Waals surface area contributed by atoms with Gasteiger partial charge in [-0.05, 0) is 51.5 Å². The Morgan fingerprint density at radius 1 is 1.10 bits per heavy atom. The zero-order valence-electron chi connectivity index (χ0n) is 19.5. The Hall–Kier alpha value is -2.54. The lowest BCUT2D eigenvalue weighted by molar-refractivity contribution is -0.116. The van der Waals surface area contributed by atoms with Crippen molar-refractivity contribution in [3.8, 4) is 5.69 Å². The van der Waals surface area contributed by atoms with Gasteiger partial charge in [0.2, 0.25) is 5.91 Å². The van der Waals surface area contributed by atoms with Crippen LogP contribution in [0, 0.1) is 0 Å². The summed E-state index contributed by atoms with van der Waals surface area (Å²) in [6, 6.07) is 8.86. The third-order valence-corrected chi connectivity index (χ3v) is 4.67. The van der Waals surface area contributed by atoms with E-state index in [1.165, 1.54) is 4.90 Å². The number of hydrogen-bond acceptors (Lipinski definition) is 3. The summed E-state index contributed by atoms with van der Waals surface area (Å²) in [7, 11) is 0. The molecule has 31 heavy (non-hydrogen) atoms. The molecule has 2 rings (SSSR count). The molecule has 1 aromatic heterocycles. The molecule has 0 aliphatic carbocycles. The SMILES string of the molecule is CCCN(CC(=O)Nc1cc(C(C)(C)C)nn1-c1ccc(Cl)cc1)C(=O)NC(C)(C)C. The largest absolute Gasteiger partial charge is 0.333 e. The maximum Gasteiger partial charge on any atom is 0.318 e. The fourth-order valence-electron chi connectivity index (χ4n) is 2.89. The van der Waals surface area contributed by atoms with Gasteiger partial charge in [0.15, 0.2) is 0 Å². The highest BCUT2D eigenvalue weighted by molar-refractivity contribution is 6.30. The van der Waals surface area contributed by atoms with Crippen molar-refractivity contribution in [2.75, 3.05) is 18.4 Å². The van der Waals surface area contributed by atoms with Crippen LogP contribution < -0.4 is 10.6 Å². The van der Waals surface area contributed by atoms with E-state index in [-0.39, 0.29) is 29.4 Å². The molecule has 0 aliphatic heterocycles. The molecule has 1 heterocycles. The number of rotatable bonds is 6. The summed E-state index contributed by atoms with van der Waals surface area (Å²) in [5, 5.41) is 11.2. The average molecular weight is 448 g/mol. The summed E-state index contributed by atoms with van der Waals surface area (Å²) >= 11 is 6.02. The Morgan fingerprint density at radius 3 is 2.23 bits per heavy atom. The number of nitrogens with one attached hydrogen (secondary N) is 2. The van der Waals surface area contributed by atoms with Gasteiger partial charge in [-0.3, -0.25) is 4.79 Å². The quantitative estimate of drug-likeness (QED) is 0.655. The van der Waals surface area contributed by atoms with Gasteiger partial charge in [-0.1, -0.05) is 39.3 Å². The van der Waals surface area contributed by atoms with Crippen LogP contribution in [0.3, 0.4) is 0 Å². The van der Waals surface area contributed by atoms with E-state index in [4.69, 9.17) is 16.7 Å². The van der Waals surface area contributed by atoms with Crippen molar-refractivity contribution >= 4 is 29.4 Å². The molecule has 3 amide bonds. The molecule has 0 radical (unpaired) electrons. The minimum absolute atomic E-state index is 0.0492. The number of aromatic nitrogens is 2. The highest BCUT2D eigenvalue weighted by atomic mass is 35.5. The van der Waals surface area contributed by atoms with Gasteiger partial charge in [-0.25, -0.2) is 9.48 Å². The molecule has 0 atom stereocenters. The van der Waals surface area contributed by atoms with E-state index < -0.39 is 0 Å². The van der Waals surface area contributed by atoms with Crippen molar-refractivity contribution in [2.45, 2.75) is 65.8 Å². The lowest BCUT2D eigenvalue weighted by Gasteiger charge is -2.27. The summed E-state index contributed by atoms with van der Waals surface area (Å²) in [5.41, 5.74) is 1.05. The molecule has 8 heteroatoms. The van der Waals surface area contributed by atoms with Crippen molar-refractivity contribution in [1.82, 2.24) is 20.0 Å². The summed E-state index contributed by atoms with van der Waals surface area (Å²) in [5.74, 6) is 0.262. The second-order valence-corrected chi connectivity index (χ2v) is 10.1. The van der Waals surface area contributed by atoms with Crippen LogP contribution in [0.15, 0.2) is 30.3 Å². The Kier molecular flexibility index (Phi) is 7.76. The van der Waals surface area contributed by atoms with Gasteiger partial charge in [0.05, 0.1) is 11.4 Å².